The molecule has 14 rings (SSSR count). The fourth-order valence-corrected chi connectivity index (χ4v) is 11.2. The lowest BCUT2D eigenvalue weighted by molar-refractivity contribution is 0.101. The molecule has 10 heterocycles. The number of carbonyl (C=O) groups excluding carboxylic acids is 7. The fraction of sp³-hybridized carbons (Fsp3) is 0.141. The molecule has 0 saturated carbocycles. The number of aryl methyl sites for hydroxylation is 4. The molecule has 604 valence electrons. The van der Waals surface area contributed by atoms with Crippen LogP contribution in [0.5, 0.6) is 0 Å². The van der Waals surface area contributed by atoms with Crippen molar-refractivity contribution in [3.05, 3.63) is 282 Å². The fourth-order valence-electron chi connectivity index (χ4n) is 10.8. The molecule has 2 fully saturated rings. The van der Waals surface area contributed by atoms with Gasteiger partial charge in [-0.2, -0.15) is 20.4 Å². The van der Waals surface area contributed by atoms with Gasteiger partial charge in [-0.25, -0.2) is 19.9 Å². The molecule has 2 saturated heterocycles. The van der Waals surface area contributed by atoms with Crippen LogP contribution in [-0.4, -0.2) is 172 Å². The number of nitrogens with one attached hydrogen (secondary N) is 11. The van der Waals surface area contributed by atoms with E-state index in [1.807, 2.05) is 21.9 Å². The van der Waals surface area contributed by atoms with E-state index >= 15 is 0 Å². The number of amidine groups is 4. The number of hydrogen-bond donors (Lipinski definition) is 13. The van der Waals surface area contributed by atoms with Gasteiger partial charge in [0.15, 0.2) is 0 Å². The highest BCUT2D eigenvalue weighted by Gasteiger charge is 2.27. The number of aliphatic imine (C=N–C) groups is 1. The minimum Gasteiger partial charge on any atom is -0.412 e. The van der Waals surface area contributed by atoms with E-state index in [4.69, 9.17) is 74.1 Å². The quantitative estimate of drug-likeness (QED) is 0.0181. The second-order valence-electron chi connectivity index (χ2n) is 25.6. The van der Waals surface area contributed by atoms with E-state index in [9.17, 15) is 33.6 Å². The summed E-state index contributed by atoms with van der Waals surface area (Å²) in [7, 11) is 8.21. The maximum atomic E-state index is 12.7. The van der Waals surface area contributed by atoms with E-state index in [0.29, 0.717) is 107 Å². The van der Waals surface area contributed by atoms with Crippen LogP contribution in [0.15, 0.2) is 200 Å². The number of anilines is 8. The Hall–Kier alpha value is -14.6. The van der Waals surface area contributed by atoms with Gasteiger partial charge in [-0.1, -0.05) is 107 Å². The number of halogens is 4. The van der Waals surface area contributed by atoms with Crippen molar-refractivity contribution in [1.82, 2.24) is 68.9 Å². The molecular weight excluding hydrogens is 1600 g/mol. The predicted octanol–water partition coefficient (Wildman–Crippen LogP) is 9.72. The molecule has 0 radical (unpaired) electrons. The molecular formula is C78H76Cl4N28O8. The van der Waals surface area contributed by atoms with Crippen molar-refractivity contribution < 1.29 is 39.0 Å². The van der Waals surface area contributed by atoms with E-state index in [1.54, 1.807) is 173 Å². The van der Waals surface area contributed by atoms with Crippen LogP contribution in [0, 0.1) is 16.2 Å². The number of carbonyl (C=O) groups is 7. The predicted molar refractivity (Wildman–Crippen MR) is 451 cm³/mol. The Morgan fingerprint density at radius 2 is 0.644 bits per heavy atom. The van der Waals surface area contributed by atoms with Crippen LogP contribution in [0.4, 0.5) is 46.5 Å². The minimum atomic E-state index is -0.467. The Bertz CT molecular complexity index is 5700. The van der Waals surface area contributed by atoms with Crippen LogP contribution in [0.3, 0.4) is 0 Å². The van der Waals surface area contributed by atoms with Crippen molar-refractivity contribution in [2.45, 2.75) is 13.0 Å². The van der Waals surface area contributed by atoms with Crippen LogP contribution in [0.1, 0.15) is 107 Å². The zero-order chi connectivity index (χ0) is 83.6. The third-order valence-corrected chi connectivity index (χ3v) is 18.4. The van der Waals surface area contributed by atoms with Gasteiger partial charge in [0, 0.05) is 132 Å². The number of benzene rings is 4. The summed E-state index contributed by atoms with van der Waals surface area (Å²) < 4.78 is 5.81. The van der Waals surface area contributed by atoms with Gasteiger partial charge >= 0.3 is 0 Å². The van der Waals surface area contributed by atoms with E-state index in [-0.39, 0.29) is 63.2 Å². The number of nitrogens with zero attached hydrogens (tertiary/aromatic N) is 15. The topological polar surface area (TPSA) is 512 Å². The normalized spacial score (nSPS) is 11.7. The molecule has 2 aliphatic heterocycles. The summed E-state index contributed by atoms with van der Waals surface area (Å²) in [6.45, 7) is 4.03. The Balaban J connectivity index is 0.000000165. The first-order valence-corrected chi connectivity index (χ1v) is 36.8. The van der Waals surface area contributed by atoms with Crippen molar-refractivity contribution >= 4 is 158 Å². The highest BCUT2D eigenvalue weighted by Crippen LogP contribution is 2.25. The third-order valence-electron chi connectivity index (χ3n) is 17.5. The monoisotopic (exact) mass is 1670 g/mol. The summed E-state index contributed by atoms with van der Waals surface area (Å²) in [4.78, 5) is 112. The number of pyridine rings is 4. The van der Waals surface area contributed by atoms with E-state index in [1.165, 1.54) is 63.6 Å². The van der Waals surface area contributed by atoms with Crippen molar-refractivity contribution in [2.24, 2.45) is 44.7 Å². The highest BCUT2D eigenvalue weighted by atomic mass is 35.5. The summed E-state index contributed by atoms with van der Waals surface area (Å²) in [6, 6.07) is 40.4. The number of nitrogens with two attached hydrogens (primary N) is 2. The second-order valence-corrected chi connectivity index (χ2v) is 27.3. The molecule has 8 aromatic heterocycles. The van der Waals surface area contributed by atoms with Crippen molar-refractivity contribution in [2.75, 3.05) is 75.8 Å². The Kier molecular flexibility index (Phi) is 28.7. The first-order chi connectivity index (χ1) is 56.2. The van der Waals surface area contributed by atoms with E-state index in [0.717, 1.165) is 49.3 Å². The molecule has 36 nitrogen and oxygen atoms in total. The lowest BCUT2D eigenvalue weighted by Crippen LogP contribution is -2.42. The molecule has 0 spiro atoms. The Morgan fingerprint density at radius 1 is 0.364 bits per heavy atom. The second kappa shape index (κ2) is 39.4. The lowest BCUT2D eigenvalue weighted by atomic mass is 10.1. The SMILES string of the molecule is CN=C(N)c1ccc(C(=O)Nc2c(C(=O)Nc3ccc(Cl)cn3)cnn2C)cc1.Cn1ncc(C(=O)Nc2ccc(Cl)cn2)c1NC(=O)c1ccc(C(=N)N2CC2)cc1.Cn1ncc(C(=O)Nc2ccc(Cl)cn2)c1NC(=O)c1ccc(C(=N)N2CCC2)cc1.Cn1ncc(C(=O)Nc2ccc(Cl)cn2)c1NCc1ccc(C(=N)N)cc1.O. The maximum Gasteiger partial charge on any atom is 0.262 e. The maximum absolute atomic E-state index is 12.7. The molecule has 7 amide bonds. The van der Waals surface area contributed by atoms with E-state index < -0.39 is 23.6 Å². The molecule has 0 bridgehead atoms. The molecule has 0 aliphatic carbocycles. The van der Waals surface area contributed by atoms with Gasteiger partial charge in [-0.05, 0) is 96.9 Å². The van der Waals surface area contributed by atoms with Gasteiger partial charge < -0.3 is 69.3 Å². The Labute approximate surface area is 693 Å². The summed E-state index contributed by atoms with van der Waals surface area (Å²) in [5, 5.41) is 63.9. The number of hydrogen-bond acceptors (Lipinski definition) is 20. The average molecular weight is 1680 g/mol. The number of amides is 7. The molecule has 4 aromatic carbocycles. The number of nitrogen functional groups attached to an aromatic ring is 1. The standard InChI is InChI=1S/C21H20ClN7O2.C20H18ClN7O2.C19H18ClN7O2.C18H18ClN7O.H2O/c1-28-19(16(12-25-28)21(31)26-17-8-7-15(22)11-24-17)27-20(30)14-5-3-13(4-6-14)18(23)29-9-2-10-29;1-27-18(15(11-24-27)20(30)25-16-7-6-14(21)10-23-16)26-19(29)13-4-2-12(3-5-13)17(22)28-8-9-28;1-22-16(21)11-3-5-12(6-4-11)18(28)26-17-14(10-24-27(17)2)19(29)25-15-8-7-13(20)9-23-15;1-26-17(23-8-11-2-4-12(5-3-11)16(20)21)14(10-24-26)18(27)25-15-7-6-13(19)9-22-15;/h3-8,11-12,23H,2,9-10H2,1H3,(H,27,30)(H,24,26,31);2-7,10-11,22H,8-9H2,1H3,(H,26,29)(H,23,25,30);3-10H,1-2H3,(H2,21,22)(H,26,28)(H,23,25,29);2-7,9-10,23H,8H2,1H3,(H3,20,21)(H,22,25,27);1H2. The zero-order valence-electron chi connectivity index (χ0n) is 63.5. The van der Waals surface area contributed by atoms with Crippen LogP contribution >= 0.6 is 46.4 Å². The zero-order valence-corrected chi connectivity index (χ0v) is 66.5. The molecule has 2 aliphatic rings. The summed E-state index contributed by atoms with van der Waals surface area (Å²) in [5.74, 6) is 1.15. The van der Waals surface area contributed by atoms with Crippen molar-refractivity contribution in [3.63, 3.8) is 0 Å². The largest absolute Gasteiger partial charge is 0.412 e. The van der Waals surface area contributed by atoms with Crippen molar-refractivity contribution in [1.29, 1.82) is 16.2 Å². The van der Waals surface area contributed by atoms with Gasteiger partial charge in [0.25, 0.3) is 41.4 Å². The average Bonchev–Trinajstić information content (AvgIpc) is 1.64. The molecule has 17 N–H and O–H groups in total. The molecule has 0 atom stereocenters. The molecule has 12 aromatic rings. The first-order valence-electron chi connectivity index (χ1n) is 35.3. The lowest BCUT2D eigenvalue weighted by Gasteiger charge is -2.33. The van der Waals surface area contributed by atoms with Crippen molar-refractivity contribution in [3.8, 4) is 0 Å². The van der Waals surface area contributed by atoms with E-state index in [2.05, 4.69) is 87.9 Å². The van der Waals surface area contributed by atoms with Crippen LogP contribution in [0.25, 0.3) is 0 Å². The first kappa shape index (κ1) is 85.8. The Morgan fingerprint density at radius 3 is 0.915 bits per heavy atom. The number of likely N-dealkylation sites (tertiary alicyclic amines) is 1. The smallest absolute Gasteiger partial charge is 0.262 e. The van der Waals surface area contributed by atoms with Gasteiger partial charge in [0.2, 0.25) is 0 Å². The molecule has 0 unspecified atom stereocenters. The number of rotatable bonds is 21. The summed E-state index contributed by atoms with van der Waals surface area (Å²) in [5.41, 5.74) is 17.3. The van der Waals surface area contributed by atoms with Gasteiger partial charge in [-0.15, -0.1) is 0 Å². The number of aromatic nitrogens is 12. The van der Waals surface area contributed by atoms with Crippen LogP contribution in [-0.2, 0) is 34.7 Å². The van der Waals surface area contributed by atoms with Gasteiger partial charge in [-0.3, -0.25) is 73.5 Å². The molecule has 118 heavy (non-hydrogen) atoms. The van der Waals surface area contributed by atoms with Crippen LogP contribution < -0.4 is 54.0 Å². The van der Waals surface area contributed by atoms with Gasteiger partial charge in [0.05, 0.1) is 44.9 Å². The van der Waals surface area contributed by atoms with Gasteiger partial charge in [0.1, 0.15) is 92.1 Å². The minimum absolute atomic E-state index is 0. The highest BCUT2D eigenvalue weighted by molar-refractivity contribution is 6.31. The van der Waals surface area contributed by atoms with Crippen LogP contribution in [0.2, 0.25) is 20.1 Å². The summed E-state index contributed by atoms with van der Waals surface area (Å²) in [6.07, 6.45) is 12.4. The third kappa shape index (κ3) is 22.4. The molecule has 40 heteroatoms. The summed E-state index contributed by atoms with van der Waals surface area (Å²) >= 11 is 23.2.